The number of nitrogens with zero attached hydrogens (tertiary/aromatic N) is 1. The van der Waals surface area contributed by atoms with Crippen LogP contribution in [0, 0.1) is 0 Å². The predicted molar refractivity (Wildman–Crippen MR) is 71.0 cm³/mol. The fourth-order valence-electron chi connectivity index (χ4n) is 1.50. The van der Waals surface area contributed by atoms with Gasteiger partial charge in [-0.2, -0.15) is 0 Å². The Kier molecular flexibility index (Phi) is 5.49. The first-order valence-corrected chi connectivity index (χ1v) is 5.90. The number of nitrogens with two attached hydrogens (primary N) is 1. The van der Waals surface area contributed by atoms with E-state index in [-0.39, 0.29) is 5.91 Å². The van der Waals surface area contributed by atoms with Gasteiger partial charge >= 0.3 is 0 Å². The van der Waals surface area contributed by atoms with Gasteiger partial charge in [0.05, 0.1) is 6.04 Å². The quantitative estimate of drug-likeness (QED) is 0.723. The monoisotopic (exact) mass is 235 g/mol. The van der Waals surface area contributed by atoms with Crippen molar-refractivity contribution in [1.29, 1.82) is 0 Å². The van der Waals surface area contributed by atoms with Gasteiger partial charge in [-0.1, -0.05) is 18.2 Å². The van der Waals surface area contributed by atoms with Crippen molar-refractivity contribution in [2.75, 3.05) is 25.0 Å². The first-order chi connectivity index (χ1) is 8.11. The molecule has 0 fully saturated rings. The lowest BCUT2D eigenvalue weighted by Gasteiger charge is -2.19. The highest BCUT2D eigenvalue weighted by molar-refractivity contribution is 5.80. The van der Waals surface area contributed by atoms with Gasteiger partial charge in [-0.05, 0) is 25.5 Å². The topological polar surface area (TPSA) is 58.4 Å². The molecule has 0 aliphatic rings. The van der Waals surface area contributed by atoms with Crippen LogP contribution in [0.5, 0.6) is 0 Å². The van der Waals surface area contributed by atoms with Crippen LogP contribution in [-0.4, -0.2) is 32.1 Å². The summed E-state index contributed by atoms with van der Waals surface area (Å²) in [5.74, 6) is -0.0904. The Balaban J connectivity index is 2.21. The Labute approximate surface area is 103 Å². The van der Waals surface area contributed by atoms with Crippen molar-refractivity contribution in [3.63, 3.8) is 0 Å². The van der Waals surface area contributed by atoms with E-state index >= 15 is 0 Å². The molecule has 0 aliphatic carbocycles. The molecule has 0 heterocycles. The highest BCUT2D eigenvalue weighted by atomic mass is 16.2. The van der Waals surface area contributed by atoms with Gasteiger partial charge in [0, 0.05) is 25.8 Å². The minimum atomic E-state index is -0.429. The first kappa shape index (κ1) is 13.5. The number of amides is 1. The maximum atomic E-state index is 11.2. The lowest BCUT2D eigenvalue weighted by atomic mass is 10.3. The summed E-state index contributed by atoms with van der Waals surface area (Å²) in [6, 6.07) is 9.75. The molecule has 94 valence electrons. The van der Waals surface area contributed by atoms with Crippen molar-refractivity contribution in [1.82, 2.24) is 5.32 Å². The molecule has 3 N–H and O–H groups in total. The van der Waals surface area contributed by atoms with E-state index in [4.69, 9.17) is 5.73 Å². The maximum Gasteiger partial charge on any atom is 0.236 e. The number of carbonyl (C=O) groups excluding carboxylic acids is 1. The van der Waals surface area contributed by atoms with Crippen molar-refractivity contribution in [2.45, 2.75) is 19.4 Å². The molecule has 1 aromatic carbocycles. The molecule has 1 aromatic rings. The van der Waals surface area contributed by atoms with Gasteiger partial charge in [-0.25, -0.2) is 0 Å². The zero-order chi connectivity index (χ0) is 12.7. The molecular weight excluding hydrogens is 214 g/mol. The third-order valence-corrected chi connectivity index (χ3v) is 2.58. The van der Waals surface area contributed by atoms with Gasteiger partial charge in [0.1, 0.15) is 0 Å². The van der Waals surface area contributed by atoms with Gasteiger partial charge in [-0.3, -0.25) is 4.79 Å². The van der Waals surface area contributed by atoms with E-state index in [1.54, 1.807) is 6.92 Å². The van der Waals surface area contributed by atoms with E-state index in [9.17, 15) is 4.79 Å². The zero-order valence-corrected chi connectivity index (χ0v) is 10.5. The molecule has 0 bridgehead atoms. The van der Waals surface area contributed by atoms with Gasteiger partial charge in [0.25, 0.3) is 0 Å². The van der Waals surface area contributed by atoms with Crippen LogP contribution in [0.1, 0.15) is 13.3 Å². The van der Waals surface area contributed by atoms with Crippen LogP contribution in [0.4, 0.5) is 5.69 Å². The molecule has 17 heavy (non-hydrogen) atoms. The number of hydrogen-bond donors (Lipinski definition) is 2. The number of carbonyl (C=O) groups is 1. The fourth-order valence-corrected chi connectivity index (χ4v) is 1.50. The smallest absolute Gasteiger partial charge is 0.236 e. The number of benzene rings is 1. The Morgan fingerprint density at radius 3 is 2.65 bits per heavy atom. The van der Waals surface area contributed by atoms with Crippen LogP contribution >= 0.6 is 0 Å². The summed E-state index contributed by atoms with van der Waals surface area (Å²) in [7, 11) is 2.04. The molecule has 0 saturated carbocycles. The zero-order valence-electron chi connectivity index (χ0n) is 10.5. The molecule has 0 radical (unpaired) electrons. The van der Waals surface area contributed by atoms with Crippen LogP contribution in [0.25, 0.3) is 0 Å². The number of nitrogens with one attached hydrogen (secondary N) is 1. The molecule has 4 heteroatoms. The number of para-hydroxylation sites is 1. The van der Waals surface area contributed by atoms with E-state index in [1.807, 2.05) is 25.2 Å². The fraction of sp³-hybridized carbons (Fsp3) is 0.462. The normalized spacial score (nSPS) is 11.9. The molecule has 0 unspecified atom stereocenters. The second-order valence-electron chi connectivity index (χ2n) is 4.19. The van der Waals surface area contributed by atoms with Crippen molar-refractivity contribution in [3.05, 3.63) is 30.3 Å². The molecular formula is C13H21N3O. The Morgan fingerprint density at radius 2 is 2.06 bits per heavy atom. The molecule has 4 nitrogen and oxygen atoms in total. The highest BCUT2D eigenvalue weighted by Crippen LogP contribution is 2.10. The Bertz CT molecular complexity index is 338. The van der Waals surface area contributed by atoms with Crippen LogP contribution < -0.4 is 16.0 Å². The SMILES string of the molecule is C[C@@H](N)C(=O)NCCCN(C)c1ccccc1. The van der Waals surface area contributed by atoms with E-state index in [0.29, 0.717) is 6.54 Å². The second kappa shape index (κ2) is 6.91. The Morgan fingerprint density at radius 1 is 1.41 bits per heavy atom. The average Bonchev–Trinajstić information content (AvgIpc) is 2.35. The van der Waals surface area contributed by atoms with Gasteiger partial charge in [0.2, 0.25) is 5.91 Å². The van der Waals surface area contributed by atoms with E-state index in [0.717, 1.165) is 13.0 Å². The largest absolute Gasteiger partial charge is 0.375 e. The van der Waals surface area contributed by atoms with Crippen molar-refractivity contribution in [3.8, 4) is 0 Å². The second-order valence-corrected chi connectivity index (χ2v) is 4.19. The highest BCUT2D eigenvalue weighted by Gasteiger charge is 2.05. The third-order valence-electron chi connectivity index (χ3n) is 2.58. The number of hydrogen-bond acceptors (Lipinski definition) is 3. The standard InChI is InChI=1S/C13H21N3O/c1-11(14)13(17)15-9-6-10-16(2)12-7-4-3-5-8-12/h3-5,7-8,11H,6,9-10,14H2,1-2H3,(H,15,17)/t11-/m1/s1. The summed E-state index contributed by atoms with van der Waals surface area (Å²) in [5.41, 5.74) is 6.63. The predicted octanol–water partition coefficient (Wildman–Crippen LogP) is 0.976. The van der Waals surface area contributed by atoms with Crippen molar-refractivity contribution < 1.29 is 4.79 Å². The van der Waals surface area contributed by atoms with Crippen LogP contribution in [-0.2, 0) is 4.79 Å². The minimum absolute atomic E-state index is 0.0904. The molecule has 0 aliphatic heterocycles. The summed E-state index contributed by atoms with van der Waals surface area (Å²) in [6.07, 6.45) is 0.907. The van der Waals surface area contributed by atoms with E-state index < -0.39 is 6.04 Å². The Hall–Kier alpha value is -1.55. The molecule has 1 atom stereocenters. The molecule has 0 spiro atoms. The summed E-state index contributed by atoms with van der Waals surface area (Å²) < 4.78 is 0. The minimum Gasteiger partial charge on any atom is -0.375 e. The lowest BCUT2D eigenvalue weighted by Crippen LogP contribution is -2.39. The summed E-state index contributed by atoms with van der Waals surface area (Å²) in [5, 5.41) is 2.80. The average molecular weight is 235 g/mol. The number of rotatable bonds is 6. The molecule has 1 amide bonds. The molecule has 0 saturated heterocycles. The van der Waals surface area contributed by atoms with E-state index in [1.165, 1.54) is 5.69 Å². The van der Waals surface area contributed by atoms with Crippen LogP contribution in [0.3, 0.4) is 0 Å². The summed E-state index contributed by atoms with van der Waals surface area (Å²) in [4.78, 5) is 13.4. The first-order valence-electron chi connectivity index (χ1n) is 5.90. The third kappa shape index (κ3) is 4.87. The van der Waals surface area contributed by atoms with Gasteiger partial charge in [0.15, 0.2) is 0 Å². The lowest BCUT2D eigenvalue weighted by molar-refractivity contribution is -0.121. The van der Waals surface area contributed by atoms with Gasteiger partial charge in [-0.15, -0.1) is 0 Å². The molecule has 0 aromatic heterocycles. The van der Waals surface area contributed by atoms with Gasteiger partial charge < -0.3 is 16.0 Å². The van der Waals surface area contributed by atoms with E-state index in [2.05, 4.69) is 22.3 Å². The number of anilines is 1. The maximum absolute atomic E-state index is 11.2. The summed E-state index contributed by atoms with van der Waals surface area (Å²) >= 11 is 0. The van der Waals surface area contributed by atoms with Crippen molar-refractivity contribution in [2.24, 2.45) is 5.73 Å². The van der Waals surface area contributed by atoms with Crippen LogP contribution in [0.2, 0.25) is 0 Å². The van der Waals surface area contributed by atoms with Crippen molar-refractivity contribution >= 4 is 11.6 Å². The van der Waals surface area contributed by atoms with Crippen LogP contribution in [0.15, 0.2) is 30.3 Å². The summed E-state index contributed by atoms with van der Waals surface area (Å²) in [6.45, 7) is 3.26. The molecule has 1 rings (SSSR count).